The number of thiazole rings is 1. The zero-order valence-corrected chi connectivity index (χ0v) is 26.0. The SMILES string of the molecule is CCOC(=O)C1=C(C(F)(F)F)N=c2s/c(=C\c3cc(Br)ccc3OCc3cccc(Cl)c3)c(=O)n2[C@H]1c1ccc(Cl)cc1. The number of carbonyl (C=O) groups excluding carboxylic acids is 1. The number of rotatable bonds is 7. The summed E-state index contributed by atoms with van der Waals surface area (Å²) in [6.07, 6.45) is -3.49. The van der Waals surface area contributed by atoms with E-state index < -0.39 is 35.0 Å². The molecule has 0 saturated heterocycles. The summed E-state index contributed by atoms with van der Waals surface area (Å²) in [6.45, 7) is 1.48. The van der Waals surface area contributed by atoms with E-state index in [-0.39, 0.29) is 28.1 Å². The van der Waals surface area contributed by atoms with Crippen LogP contribution in [0.2, 0.25) is 10.0 Å². The van der Waals surface area contributed by atoms with Gasteiger partial charge in [-0.2, -0.15) is 13.2 Å². The number of esters is 1. The van der Waals surface area contributed by atoms with Crippen molar-refractivity contribution in [3.63, 3.8) is 0 Å². The Labute approximate surface area is 265 Å². The number of carbonyl (C=O) groups is 1. The molecule has 1 atom stereocenters. The van der Waals surface area contributed by atoms with Gasteiger partial charge in [0.15, 0.2) is 10.5 Å². The first kappa shape index (κ1) is 31.1. The number of alkyl halides is 3. The van der Waals surface area contributed by atoms with Crippen molar-refractivity contribution in [3.05, 3.63) is 129 Å². The molecule has 1 aliphatic heterocycles. The van der Waals surface area contributed by atoms with Gasteiger partial charge in [0.05, 0.1) is 22.8 Å². The highest BCUT2D eigenvalue weighted by Gasteiger charge is 2.45. The molecule has 0 radical (unpaired) electrons. The van der Waals surface area contributed by atoms with Gasteiger partial charge < -0.3 is 9.47 Å². The van der Waals surface area contributed by atoms with Gasteiger partial charge in [0.2, 0.25) is 0 Å². The van der Waals surface area contributed by atoms with Crippen molar-refractivity contribution >= 4 is 62.5 Å². The van der Waals surface area contributed by atoms with Gasteiger partial charge in [0.25, 0.3) is 5.56 Å². The Hall–Kier alpha value is -3.38. The molecule has 6 nitrogen and oxygen atoms in total. The topological polar surface area (TPSA) is 69.9 Å². The number of halogens is 6. The molecule has 0 amide bonds. The number of benzene rings is 3. The molecule has 0 saturated carbocycles. The van der Waals surface area contributed by atoms with Crippen LogP contribution in [0.3, 0.4) is 0 Å². The molecule has 43 heavy (non-hydrogen) atoms. The minimum atomic E-state index is -5.01. The largest absolute Gasteiger partial charge is 0.488 e. The Balaban J connectivity index is 1.69. The summed E-state index contributed by atoms with van der Waals surface area (Å²) >= 11 is 16.3. The molecule has 3 aromatic carbocycles. The average molecular weight is 712 g/mol. The molecule has 0 spiro atoms. The van der Waals surface area contributed by atoms with Crippen molar-refractivity contribution < 1.29 is 27.4 Å². The summed E-state index contributed by atoms with van der Waals surface area (Å²) in [4.78, 5) is 30.4. The lowest BCUT2D eigenvalue weighted by atomic mass is 9.95. The minimum absolute atomic E-state index is 0.0788. The maximum absolute atomic E-state index is 14.3. The van der Waals surface area contributed by atoms with Crippen LogP contribution in [0.1, 0.15) is 29.7 Å². The maximum atomic E-state index is 14.3. The van der Waals surface area contributed by atoms with Gasteiger partial charge >= 0.3 is 12.1 Å². The standard InChI is InChI=1S/C30H20BrCl2F3N2O4S/c1-2-41-28(40)24-25(17-6-9-20(32)10-7-17)38-27(39)23(43-29(38)37-26(24)30(34,35)36)14-18-13-19(31)8-11-22(18)42-15-16-4-3-5-21(33)12-16/h3-14,25H,2,15H2,1H3/b23-14-/t25-/m0/s1. The highest BCUT2D eigenvalue weighted by molar-refractivity contribution is 9.10. The van der Waals surface area contributed by atoms with E-state index in [1.54, 1.807) is 36.4 Å². The number of nitrogens with zero attached hydrogens (tertiary/aromatic N) is 2. The van der Waals surface area contributed by atoms with Gasteiger partial charge in [0, 0.05) is 20.1 Å². The number of hydrogen-bond acceptors (Lipinski definition) is 6. The predicted molar refractivity (Wildman–Crippen MR) is 162 cm³/mol. The van der Waals surface area contributed by atoms with Gasteiger partial charge in [-0.05, 0) is 66.6 Å². The molecular formula is C30H20BrCl2F3N2O4S. The van der Waals surface area contributed by atoms with Crippen LogP contribution in [0.25, 0.3) is 6.08 Å². The fraction of sp³-hybridized carbons (Fsp3) is 0.167. The zero-order valence-electron chi connectivity index (χ0n) is 22.1. The van der Waals surface area contributed by atoms with E-state index in [4.69, 9.17) is 32.7 Å². The van der Waals surface area contributed by atoms with E-state index >= 15 is 0 Å². The highest BCUT2D eigenvalue weighted by Crippen LogP contribution is 2.38. The van der Waals surface area contributed by atoms with Crippen LogP contribution in [0.15, 0.2) is 92.3 Å². The number of allylic oxidation sites excluding steroid dienone is 1. The molecule has 0 bridgehead atoms. The Bertz CT molecular complexity index is 1920. The van der Waals surface area contributed by atoms with E-state index in [0.29, 0.717) is 25.8 Å². The first-order valence-electron chi connectivity index (χ1n) is 12.7. The normalized spacial score (nSPS) is 15.2. The average Bonchev–Trinajstić information content (AvgIpc) is 3.26. The van der Waals surface area contributed by atoms with Gasteiger partial charge in [-0.25, -0.2) is 9.79 Å². The molecule has 2 heterocycles. The fourth-order valence-corrected chi connectivity index (χ4v) is 6.20. The molecular weight excluding hydrogens is 692 g/mol. The van der Waals surface area contributed by atoms with Crippen molar-refractivity contribution in [2.75, 3.05) is 6.61 Å². The molecule has 222 valence electrons. The summed E-state index contributed by atoms with van der Waals surface area (Å²) in [5.41, 5.74) is -1.33. The van der Waals surface area contributed by atoms with E-state index in [9.17, 15) is 22.8 Å². The van der Waals surface area contributed by atoms with E-state index in [1.165, 1.54) is 37.3 Å². The molecule has 0 N–H and O–H groups in total. The lowest BCUT2D eigenvalue weighted by Crippen LogP contribution is -2.41. The predicted octanol–water partition coefficient (Wildman–Crippen LogP) is 6.99. The van der Waals surface area contributed by atoms with Crippen molar-refractivity contribution in [2.45, 2.75) is 25.7 Å². The maximum Gasteiger partial charge on any atom is 0.434 e. The number of fused-ring (bicyclic) bond motifs is 1. The second-order valence-corrected chi connectivity index (χ2v) is 12.0. The second-order valence-electron chi connectivity index (χ2n) is 9.22. The zero-order chi connectivity index (χ0) is 30.9. The summed E-state index contributed by atoms with van der Waals surface area (Å²) in [7, 11) is 0. The van der Waals surface area contributed by atoms with Gasteiger partial charge in [-0.1, -0.05) is 74.7 Å². The fourth-order valence-electron chi connectivity index (χ4n) is 4.49. The smallest absolute Gasteiger partial charge is 0.434 e. The number of hydrogen-bond donors (Lipinski definition) is 0. The van der Waals surface area contributed by atoms with Crippen LogP contribution in [0, 0.1) is 0 Å². The summed E-state index contributed by atoms with van der Waals surface area (Å²) < 4.78 is 55.9. The van der Waals surface area contributed by atoms with E-state index in [2.05, 4.69) is 20.9 Å². The second kappa shape index (κ2) is 12.7. The quantitative estimate of drug-likeness (QED) is 0.194. The van der Waals surface area contributed by atoms with Crippen LogP contribution < -0.4 is 19.6 Å². The van der Waals surface area contributed by atoms with Gasteiger partial charge in [-0.15, -0.1) is 0 Å². The summed E-state index contributed by atoms with van der Waals surface area (Å²) in [6, 6.07) is 16.7. The third kappa shape index (κ3) is 6.75. The lowest BCUT2D eigenvalue weighted by Gasteiger charge is -2.26. The monoisotopic (exact) mass is 710 g/mol. The molecule has 1 aromatic heterocycles. The Morgan fingerprint density at radius 2 is 1.84 bits per heavy atom. The first-order chi connectivity index (χ1) is 20.5. The van der Waals surface area contributed by atoms with Crippen LogP contribution in [0.4, 0.5) is 13.2 Å². The third-order valence-corrected chi connectivity index (χ3v) is 8.29. The Morgan fingerprint density at radius 1 is 1.09 bits per heavy atom. The van der Waals surface area contributed by atoms with E-state index in [0.717, 1.165) is 21.5 Å². The highest BCUT2D eigenvalue weighted by atomic mass is 79.9. The lowest BCUT2D eigenvalue weighted by molar-refractivity contribution is -0.140. The molecule has 0 aliphatic carbocycles. The Morgan fingerprint density at radius 3 is 2.51 bits per heavy atom. The van der Waals surface area contributed by atoms with Crippen LogP contribution in [0.5, 0.6) is 5.75 Å². The van der Waals surface area contributed by atoms with Gasteiger partial charge in [0.1, 0.15) is 12.4 Å². The van der Waals surface area contributed by atoms with Crippen LogP contribution in [-0.4, -0.2) is 23.3 Å². The number of aromatic nitrogens is 1. The first-order valence-corrected chi connectivity index (χ1v) is 15.1. The minimum Gasteiger partial charge on any atom is -0.488 e. The van der Waals surface area contributed by atoms with Crippen molar-refractivity contribution in [3.8, 4) is 5.75 Å². The van der Waals surface area contributed by atoms with Crippen molar-refractivity contribution in [2.24, 2.45) is 4.99 Å². The summed E-state index contributed by atoms with van der Waals surface area (Å²) in [5.74, 6) is -0.803. The van der Waals surface area contributed by atoms with Crippen LogP contribution >= 0.6 is 50.5 Å². The van der Waals surface area contributed by atoms with Crippen molar-refractivity contribution in [1.82, 2.24) is 4.57 Å². The molecule has 4 aromatic rings. The molecule has 1 aliphatic rings. The molecule has 0 unspecified atom stereocenters. The molecule has 0 fully saturated rings. The van der Waals surface area contributed by atoms with Gasteiger partial charge in [-0.3, -0.25) is 9.36 Å². The number of ether oxygens (including phenoxy) is 2. The third-order valence-electron chi connectivity index (χ3n) is 6.32. The Kier molecular flexibility index (Phi) is 9.17. The van der Waals surface area contributed by atoms with Crippen LogP contribution in [-0.2, 0) is 16.1 Å². The van der Waals surface area contributed by atoms with E-state index in [1.807, 2.05) is 6.07 Å². The summed E-state index contributed by atoms with van der Waals surface area (Å²) in [5, 5.41) is 0.878. The van der Waals surface area contributed by atoms with Crippen molar-refractivity contribution in [1.29, 1.82) is 0 Å². The molecule has 13 heteroatoms. The molecule has 5 rings (SSSR count).